The van der Waals surface area contributed by atoms with Crippen molar-refractivity contribution in [3.8, 4) is 0 Å². The molecule has 1 heterocycles. The fraction of sp³-hybridized carbons (Fsp3) is 0.462. The number of alkyl halides is 3. The maximum atomic E-state index is 13.6. The average molecular weight is 307 g/mol. The number of carbonyl (C=O) groups is 1. The minimum Gasteiger partial charge on any atom is -0.338 e. The lowest BCUT2D eigenvalue weighted by Crippen LogP contribution is -2.44. The van der Waals surface area contributed by atoms with Gasteiger partial charge in [-0.1, -0.05) is 0 Å². The molecule has 0 aromatic heterocycles. The molecular formula is C13H13F4NOS. The molecule has 1 aromatic rings. The SMILES string of the molecule is O=C(c1cc(S)ccc1F)N1CCCC(C(F)(F)F)C1. The Morgan fingerprint density at radius 1 is 1.35 bits per heavy atom. The molecule has 1 saturated heterocycles. The van der Waals surface area contributed by atoms with Gasteiger partial charge in [-0.3, -0.25) is 4.79 Å². The third kappa shape index (κ3) is 3.26. The van der Waals surface area contributed by atoms with Gasteiger partial charge in [0.1, 0.15) is 5.82 Å². The second-order valence-corrected chi connectivity index (χ2v) is 5.31. The predicted octanol–water partition coefficient (Wildman–Crippen LogP) is 3.53. The Balaban J connectivity index is 2.18. The van der Waals surface area contributed by atoms with Crippen molar-refractivity contribution in [2.45, 2.75) is 23.9 Å². The molecule has 1 fully saturated rings. The van der Waals surface area contributed by atoms with E-state index in [1.165, 1.54) is 12.1 Å². The molecule has 1 unspecified atom stereocenters. The summed E-state index contributed by atoms with van der Waals surface area (Å²) < 4.78 is 51.7. The fourth-order valence-electron chi connectivity index (χ4n) is 2.28. The lowest BCUT2D eigenvalue weighted by Gasteiger charge is -2.33. The highest BCUT2D eigenvalue weighted by Gasteiger charge is 2.42. The number of piperidine rings is 1. The van der Waals surface area contributed by atoms with Crippen LogP contribution in [0.1, 0.15) is 23.2 Å². The van der Waals surface area contributed by atoms with Crippen LogP contribution in [0, 0.1) is 11.7 Å². The van der Waals surface area contributed by atoms with E-state index in [-0.39, 0.29) is 24.9 Å². The normalized spacial score (nSPS) is 20.1. The highest BCUT2D eigenvalue weighted by atomic mass is 32.1. The van der Waals surface area contributed by atoms with Gasteiger partial charge in [0, 0.05) is 18.0 Å². The lowest BCUT2D eigenvalue weighted by molar-refractivity contribution is -0.184. The molecule has 20 heavy (non-hydrogen) atoms. The van der Waals surface area contributed by atoms with Gasteiger partial charge in [-0.15, -0.1) is 12.6 Å². The van der Waals surface area contributed by atoms with Crippen LogP contribution in [0.15, 0.2) is 23.1 Å². The van der Waals surface area contributed by atoms with E-state index in [0.717, 1.165) is 11.0 Å². The first-order valence-electron chi connectivity index (χ1n) is 6.13. The molecule has 1 aromatic carbocycles. The fourth-order valence-corrected chi connectivity index (χ4v) is 2.48. The van der Waals surface area contributed by atoms with Crippen molar-refractivity contribution in [2.75, 3.05) is 13.1 Å². The number of amides is 1. The number of nitrogens with zero attached hydrogens (tertiary/aromatic N) is 1. The summed E-state index contributed by atoms with van der Waals surface area (Å²) in [7, 11) is 0. The van der Waals surface area contributed by atoms with Gasteiger partial charge in [-0.2, -0.15) is 13.2 Å². The maximum absolute atomic E-state index is 13.6. The number of hydrogen-bond donors (Lipinski definition) is 1. The molecule has 110 valence electrons. The van der Waals surface area contributed by atoms with Crippen LogP contribution >= 0.6 is 12.6 Å². The molecule has 1 aliphatic rings. The molecule has 1 atom stereocenters. The smallest absolute Gasteiger partial charge is 0.338 e. The van der Waals surface area contributed by atoms with Crippen LogP contribution in [0.25, 0.3) is 0 Å². The zero-order chi connectivity index (χ0) is 14.9. The van der Waals surface area contributed by atoms with Crippen molar-refractivity contribution in [3.63, 3.8) is 0 Å². The Morgan fingerprint density at radius 2 is 2.05 bits per heavy atom. The van der Waals surface area contributed by atoms with Crippen LogP contribution in [0.2, 0.25) is 0 Å². The Bertz CT molecular complexity index is 518. The summed E-state index contributed by atoms with van der Waals surface area (Å²) in [6.45, 7) is -0.208. The van der Waals surface area contributed by atoms with E-state index in [4.69, 9.17) is 0 Å². The van der Waals surface area contributed by atoms with E-state index in [2.05, 4.69) is 12.6 Å². The van der Waals surface area contributed by atoms with E-state index in [1.807, 2.05) is 0 Å². The molecule has 1 amide bonds. The number of rotatable bonds is 1. The molecule has 0 aliphatic carbocycles. The average Bonchev–Trinajstić information content (AvgIpc) is 2.40. The molecule has 1 aliphatic heterocycles. The molecule has 0 N–H and O–H groups in total. The molecule has 0 bridgehead atoms. The third-order valence-corrected chi connectivity index (χ3v) is 3.63. The second-order valence-electron chi connectivity index (χ2n) is 4.80. The van der Waals surface area contributed by atoms with Crippen LogP contribution in [-0.2, 0) is 0 Å². The van der Waals surface area contributed by atoms with Crippen LogP contribution < -0.4 is 0 Å². The van der Waals surface area contributed by atoms with Crippen molar-refractivity contribution in [1.29, 1.82) is 0 Å². The van der Waals surface area contributed by atoms with E-state index in [0.29, 0.717) is 4.90 Å². The van der Waals surface area contributed by atoms with Crippen molar-refractivity contribution in [3.05, 3.63) is 29.6 Å². The summed E-state index contributed by atoms with van der Waals surface area (Å²) in [5.41, 5.74) is -0.236. The quantitative estimate of drug-likeness (QED) is 0.622. The van der Waals surface area contributed by atoms with Gasteiger partial charge in [0.2, 0.25) is 0 Å². The molecule has 0 saturated carbocycles. The van der Waals surface area contributed by atoms with Gasteiger partial charge < -0.3 is 4.90 Å². The topological polar surface area (TPSA) is 20.3 Å². The number of halogens is 4. The molecule has 0 spiro atoms. The number of thiol groups is 1. The minimum atomic E-state index is -4.33. The monoisotopic (exact) mass is 307 g/mol. The second kappa shape index (κ2) is 5.63. The van der Waals surface area contributed by atoms with Gasteiger partial charge in [0.05, 0.1) is 11.5 Å². The number of hydrogen-bond acceptors (Lipinski definition) is 2. The van der Waals surface area contributed by atoms with Gasteiger partial charge in [-0.25, -0.2) is 4.39 Å². The summed E-state index contributed by atoms with van der Waals surface area (Å²) in [5, 5.41) is 0. The third-order valence-electron chi connectivity index (χ3n) is 3.35. The Hall–Kier alpha value is -1.24. The molecule has 7 heteroatoms. The highest BCUT2D eigenvalue weighted by molar-refractivity contribution is 7.80. The number of benzene rings is 1. The van der Waals surface area contributed by atoms with Crippen LogP contribution in [-0.4, -0.2) is 30.1 Å². The van der Waals surface area contributed by atoms with Crippen molar-refractivity contribution < 1.29 is 22.4 Å². The van der Waals surface area contributed by atoms with E-state index < -0.39 is 30.4 Å². The largest absolute Gasteiger partial charge is 0.393 e. The van der Waals surface area contributed by atoms with Crippen molar-refractivity contribution in [1.82, 2.24) is 4.90 Å². The van der Waals surface area contributed by atoms with E-state index in [1.54, 1.807) is 0 Å². The number of likely N-dealkylation sites (tertiary alicyclic amines) is 1. The maximum Gasteiger partial charge on any atom is 0.393 e. The summed E-state index contributed by atoms with van der Waals surface area (Å²) >= 11 is 4.01. The van der Waals surface area contributed by atoms with Gasteiger partial charge in [0.25, 0.3) is 5.91 Å². The van der Waals surface area contributed by atoms with Crippen LogP contribution in [0.4, 0.5) is 17.6 Å². The first-order chi connectivity index (χ1) is 9.29. The number of carbonyl (C=O) groups excluding carboxylic acids is 1. The summed E-state index contributed by atoms with van der Waals surface area (Å²) in [6, 6.07) is 3.70. The zero-order valence-electron chi connectivity index (χ0n) is 10.5. The highest BCUT2D eigenvalue weighted by Crippen LogP contribution is 2.33. The first kappa shape index (κ1) is 15.2. The zero-order valence-corrected chi connectivity index (χ0v) is 11.3. The van der Waals surface area contributed by atoms with E-state index >= 15 is 0 Å². The van der Waals surface area contributed by atoms with Gasteiger partial charge in [-0.05, 0) is 31.0 Å². The molecule has 2 nitrogen and oxygen atoms in total. The lowest BCUT2D eigenvalue weighted by atomic mass is 9.97. The summed E-state index contributed by atoms with van der Waals surface area (Å²) in [4.78, 5) is 13.6. The summed E-state index contributed by atoms with van der Waals surface area (Å²) in [5.74, 6) is -3.00. The van der Waals surface area contributed by atoms with Crippen LogP contribution in [0.5, 0.6) is 0 Å². The van der Waals surface area contributed by atoms with Gasteiger partial charge in [0.15, 0.2) is 0 Å². The first-order valence-corrected chi connectivity index (χ1v) is 6.58. The Labute approximate surface area is 119 Å². The molecule has 2 rings (SSSR count). The minimum absolute atomic E-state index is 0.00235. The van der Waals surface area contributed by atoms with E-state index in [9.17, 15) is 22.4 Å². The standard InChI is InChI=1S/C13H13F4NOS/c14-11-4-3-9(20)6-10(11)12(19)18-5-1-2-8(7-18)13(15,16)17/h3-4,6,8,20H,1-2,5,7H2. The Kier molecular flexibility index (Phi) is 4.27. The van der Waals surface area contributed by atoms with Gasteiger partial charge >= 0.3 is 6.18 Å². The molecule has 0 radical (unpaired) electrons. The molecular weight excluding hydrogens is 294 g/mol. The van der Waals surface area contributed by atoms with Crippen molar-refractivity contribution in [2.24, 2.45) is 5.92 Å². The Morgan fingerprint density at radius 3 is 2.70 bits per heavy atom. The van der Waals surface area contributed by atoms with Crippen LogP contribution in [0.3, 0.4) is 0 Å². The summed E-state index contributed by atoms with van der Waals surface area (Å²) in [6.07, 6.45) is -4.07. The predicted molar refractivity (Wildman–Crippen MR) is 68.3 cm³/mol. The van der Waals surface area contributed by atoms with Crippen molar-refractivity contribution >= 4 is 18.5 Å².